The molecule has 4 aliphatic rings. The van der Waals surface area contributed by atoms with Gasteiger partial charge in [-0.25, -0.2) is 9.78 Å². The predicted octanol–water partition coefficient (Wildman–Crippen LogP) is 2.60. The molecule has 3 aliphatic heterocycles. The van der Waals surface area contributed by atoms with Gasteiger partial charge in [0.15, 0.2) is 17.1 Å². The number of carbonyl (C=O) groups excluding carboxylic acids is 1. The molecule has 0 bridgehead atoms. The number of aliphatic hydroxyl groups is 1. The lowest BCUT2D eigenvalue weighted by Gasteiger charge is -2.31. The second kappa shape index (κ2) is 6.14. The maximum Gasteiger partial charge on any atom is 0.343 e. The number of pyridine rings is 2. The normalized spacial score (nSPS) is 22.4. The fourth-order valence-corrected chi connectivity index (χ4v) is 5.69. The number of nitrogens with zero attached hydrogens (tertiary/aromatic N) is 2. The lowest BCUT2D eigenvalue weighted by Crippen LogP contribution is -2.44. The Morgan fingerprint density at radius 3 is 2.76 bits per heavy atom. The summed E-state index contributed by atoms with van der Waals surface area (Å²) in [6.07, 6.45) is 2.83. The number of esters is 1. The first-order chi connectivity index (χ1) is 15.9. The van der Waals surface area contributed by atoms with E-state index in [2.05, 4.69) is 0 Å². The molecule has 1 aromatic carbocycles. The van der Waals surface area contributed by atoms with Crippen LogP contribution in [0.3, 0.4) is 0 Å². The Morgan fingerprint density at radius 1 is 1.18 bits per heavy atom. The van der Waals surface area contributed by atoms with Gasteiger partial charge in [-0.15, -0.1) is 0 Å². The van der Waals surface area contributed by atoms with Crippen LogP contribution >= 0.6 is 0 Å². The molecule has 5 heterocycles. The highest BCUT2D eigenvalue weighted by Gasteiger charge is 2.45. The molecule has 1 aliphatic carbocycles. The Labute approximate surface area is 188 Å². The number of hydrogen-bond acceptors (Lipinski definition) is 7. The molecule has 8 nitrogen and oxygen atoms in total. The Morgan fingerprint density at radius 2 is 2.00 bits per heavy atom. The minimum absolute atomic E-state index is 0.107. The van der Waals surface area contributed by atoms with Crippen LogP contribution in [0.5, 0.6) is 11.5 Å². The molecule has 1 atom stereocenters. The summed E-state index contributed by atoms with van der Waals surface area (Å²) >= 11 is 0. The van der Waals surface area contributed by atoms with E-state index < -0.39 is 11.6 Å². The monoisotopic (exact) mass is 446 g/mol. The second-order valence-corrected chi connectivity index (χ2v) is 9.43. The Balaban J connectivity index is 1.53. The summed E-state index contributed by atoms with van der Waals surface area (Å²) in [6, 6.07) is 3.68. The van der Waals surface area contributed by atoms with Gasteiger partial charge in [0.1, 0.15) is 6.61 Å². The highest BCUT2D eigenvalue weighted by molar-refractivity contribution is 5.96. The molecule has 0 saturated heterocycles. The highest BCUT2D eigenvalue weighted by atomic mass is 16.6. The first kappa shape index (κ1) is 19.1. The average molecular weight is 446 g/mol. The fourth-order valence-electron chi connectivity index (χ4n) is 5.69. The van der Waals surface area contributed by atoms with Crippen molar-refractivity contribution in [2.45, 2.75) is 57.3 Å². The van der Waals surface area contributed by atoms with Crippen LogP contribution in [0, 0.1) is 0 Å². The van der Waals surface area contributed by atoms with E-state index in [1.54, 1.807) is 17.6 Å². The molecular formula is C25H22N2O6. The van der Waals surface area contributed by atoms with E-state index in [0.29, 0.717) is 53.8 Å². The van der Waals surface area contributed by atoms with Crippen LogP contribution in [0.15, 0.2) is 16.9 Å². The number of phenols is 1. The summed E-state index contributed by atoms with van der Waals surface area (Å²) in [7, 11) is 0. The molecule has 7 rings (SSSR count). The third kappa shape index (κ3) is 2.31. The van der Waals surface area contributed by atoms with E-state index in [1.165, 1.54) is 0 Å². The predicted molar refractivity (Wildman–Crippen MR) is 117 cm³/mol. The molecule has 0 spiro atoms. The maximum absolute atomic E-state index is 13.4. The largest absolute Gasteiger partial charge is 0.504 e. The summed E-state index contributed by atoms with van der Waals surface area (Å²) in [5.74, 6) is 0.294. The molecule has 0 radical (unpaired) electrons. The van der Waals surface area contributed by atoms with Crippen molar-refractivity contribution in [3.8, 4) is 22.9 Å². The Hall–Kier alpha value is -3.39. The topological polar surface area (TPSA) is 111 Å². The first-order valence-corrected chi connectivity index (χ1v) is 11.4. The number of phenolic OH excluding ortho intramolecular Hbond substituents is 1. The van der Waals surface area contributed by atoms with Gasteiger partial charge < -0.3 is 24.3 Å². The van der Waals surface area contributed by atoms with Gasteiger partial charge >= 0.3 is 5.97 Å². The molecular weight excluding hydrogens is 424 g/mol. The van der Waals surface area contributed by atoms with E-state index in [4.69, 9.17) is 14.5 Å². The molecule has 1 saturated carbocycles. The van der Waals surface area contributed by atoms with Crippen LogP contribution in [0.25, 0.3) is 22.3 Å². The van der Waals surface area contributed by atoms with E-state index in [0.717, 1.165) is 40.4 Å². The number of aromatic nitrogens is 2. The van der Waals surface area contributed by atoms with Crippen LogP contribution in [0.1, 0.15) is 59.9 Å². The van der Waals surface area contributed by atoms with Crippen LogP contribution < -0.4 is 10.3 Å². The number of ether oxygens (including phenoxy) is 2. The van der Waals surface area contributed by atoms with Gasteiger partial charge in [-0.2, -0.15) is 0 Å². The van der Waals surface area contributed by atoms with Crippen molar-refractivity contribution in [2.75, 3.05) is 6.61 Å². The van der Waals surface area contributed by atoms with E-state index in [1.807, 2.05) is 6.07 Å². The maximum atomic E-state index is 13.4. The standard InChI is InChI=1S/C25H22N2O6/c1-2-25(31)16-8-18-20-14(9-27(18)23(29)15(16)10-33-24(25)30)12-5-6-32-22-19(12)17(26-20)7-13(21(22)28)11-3-4-11/h7-8,11,28,31H,2-6,9-10H2,1H3/t25-/m0/s1. The number of fused-ring (bicyclic) bond motifs is 5. The van der Waals surface area contributed by atoms with Crippen molar-refractivity contribution in [3.05, 3.63) is 50.3 Å². The molecule has 8 heteroatoms. The number of hydrogen-bond donors (Lipinski definition) is 2. The molecule has 1 fully saturated rings. The summed E-state index contributed by atoms with van der Waals surface area (Å²) < 4.78 is 12.7. The quantitative estimate of drug-likeness (QED) is 0.455. The first-order valence-electron chi connectivity index (χ1n) is 11.4. The molecule has 168 valence electrons. The second-order valence-electron chi connectivity index (χ2n) is 9.43. The number of benzene rings is 1. The van der Waals surface area contributed by atoms with Crippen molar-refractivity contribution in [1.82, 2.24) is 9.55 Å². The zero-order valence-electron chi connectivity index (χ0n) is 18.1. The lowest BCUT2D eigenvalue weighted by atomic mass is 9.86. The number of rotatable bonds is 2. The molecule has 3 aromatic rings. The average Bonchev–Trinajstić information content (AvgIpc) is 3.60. The Kier molecular flexibility index (Phi) is 3.55. The number of carbonyl (C=O) groups is 1. The minimum atomic E-state index is -1.85. The summed E-state index contributed by atoms with van der Waals surface area (Å²) in [4.78, 5) is 30.8. The van der Waals surface area contributed by atoms with Crippen LogP contribution in [0.4, 0.5) is 0 Å². The smallest absolute Gasteiger partial charge is 0.343 e. The highest BCUT2D eigenvalue weighted by Crippen LogP contribution is 2.52. The van der Waals surface area contributed by atoms with Gasteiger partial charge in [0.2, 0.25) is 0 Å². The van der Waals surface area contributed by atoms with E-state index in [-0.39, 0.29) is 24.3 Å². The molecule has 0 amide bonds. The van der Waals surface area contributed by atoms with Crippen molar-refractivity contribution in [2.24, 2.45) is 0 Å². The van der Waals surface area contributed by atoms with Crippen LogP contribution in [0.2, 0.25) is 0 Å². The van der Waals surface area contributed by atoms with Crippen molar-refractivity contribution in [3.63, 3.8) is 0 Å². The summed E-state index contributed by atoms with van der Waals surface area (Å²) in [5, 5.41) is 22.8. The zero-order chi connectivity index (χ0) is 22.6. The van der Waals surface area contributed by atoms with Crippen molar-refractivity contribution < 1.29 is 24.5 Å². The molecule has 33 heavy (non-hydrogen) atoms. The van der Waals surface area contributed by atoms with Crippen molar-refractivity contribution >= 4 is 16.9 Å². The van der Waals surface area contributed by atoms with Gasteiger partial charge in [-0.05, 0) is 42.9 Å². The summed E-state index contributed by atoms with van der Waals surface area (Å²) in [5.41, 5.74) is 3.36. The van der Waals surface area contributed by atoms with E-state index >= 15 is 0 Å². The van der Waals surface area contributed by atoms with Gasteiger partial charge in [-0.1, -0.05) is 6.92 Å². The van der Waals surface area contributed by atoms with Crippen LogP contribution in [-0.2, 0) is 34.7 Å². The minimum Gasteiger partial charge on any atom is -0.504 e. The molecule has 0 unspecified atom stereocenters. The van der Waals surface area contributed by atoms with E-state index in [9.17, 15) is 19.8 Å². The van der Waals surface area contributed by atoms with Gasteiger partial charge in [0, 0.05) is 28.5 Å². The van der Waals surface area contributed by atoms with Gasteiger partial charge in [0.05, 0.1) is 35.6 Å². The molecule has 2 N–H and O–H groups in total. The van der Waals surface area contributed by atoms with Gasteiger partial charge in [0.25, 0.3) is 5.56 Å². The third-order valence-electron chi connectivity index (χ3n) is 7.67. The summed E-state index contributed by atoms with van der Waals surface area (Å²) in [6.45, 7) is 2.33. The number of aromatic hydroxyl groups is 1. The van der Waals surface area contributed by atoms with Gasteiger partial charge in [-0.3, -0.25) is 4.79 Å². The SMILES string of the molecule is CC[C@@]1(O)C(=O)OCc2c1cc1n(c2=O)Cc2c-1nc1cc(C3CC3)c(O)c3c1c2CCO3. The number of cyclic esters (lactones) is 1. The lowest BCUT2D eigenvalue weighted by molar-refractivity contribution is -0.172. The third-order valence-corrected chi connectivity index (χ3v) is 7.67. The fraction of sp³-hybridized carbons (Fsp3) is 0.400. The zero-order valence-corrected chi connectivity index (χ0v) is 18.1. The van der Waals surface area contributed by atoms with Crippen molar-refractivity contribution in [1.29, 1.82) is 0 Å². The Bertz CT molecular complexity index is 1490. The molecule has 2 aromatic heterocycles. The van der Waals surface area contributed by atoms with Crippen LogP contribution in [-0.4, -0.2) is 32.3 Å².